The van der Waals surface area contributed by atoms with Gasteiger partial charge in [-0.25, -0.2) is 4.99 Å². The predicted octanol–water partition coefficient (Wildman–Crippen LogP) is 2.75. The van der Waals surface area contributed by atoms with Crippen molar-refractivity contribution in [2.45, 2.75) is 26.3 Å². The SMILES string of the molecule is CCNC(=NCc1ccccc1OC(F)(F)F)NCCc1ccc(OCC(N)=O)cc1. The second kappa shape index (κ2) is 11.7. The number of guanidine groups is 1. The topological polar surface area (TPSA) is 98.0 Å². The van der Waals surface area contributed by atoms with Crippen molar-refractivity contribution in [1.29, 1.82) is 0 Å². The third-order valence-corrected chi connectivity index (χ3v) is 3.96. The molecule has 0 aromatic heterocycles. The first-order chi connectivity index (χ1) is 14.8. The van der Waals surface area contributed by atoms with Gasteiger partial charge >= 0.3 is 6.36 Å². The van der Waals surface area contributed by atoms with Crippen LogP contribution < -0.4 is 25.8 Å². The summed E-state index contributed by atoms with van der Waals surface area (Å²) < 4.78 is 47.0. The zero-order chi connectivity index (χ0) is 22.7. The summed E-state index contributed by atoms with van der Waals surface area (Å²) in [7, 11) is 0. The molecule has 0 saturated heterocycles. The fraction of sp³-hybridized carbons (Fsp3) is 0.333. The molecule has 2 aromatic carbocycles. The first-order valence-corrected chi connectivity index (χ1v) is 9.62. The third-order valence-electron chi connectivity index (χ3n) is 3.96. The smallest absolute Gasteiger partial charge is 0.484 e. The number of nitrogens with zero attached hydrogens (tertiary/aromatic N) is 1. The van der Waals surface area contributed by atoms with Gasteiger partial charge in [-0.1, -0.05) is 30.3 Å². The molecule has 0 bridgehead atoms. The summed E-state index contributed by atoms with van der Waals surface area (Å²) in [5, 5.41) is 6.20. The number of amides is 1. The van der Waals surface area contributed by atoms with E-state index in [1.807, 2.05) is 19.1 Å². The van der Waals surface area contributed by atoms with Gasteiger partial charge in [0.25, 0.3) is 5.91 Å². The summed E-state index contributed by atoms with van der Waals surface area (Å²) >= 11 is 0. The maximum absolute atomic E-state index is 12.6. The normalized spacial score (nSPS) is 11.7. The minimum atomic E-state index is -4.76. The second-order valence-electron chi connectivity index (χ2n) is 6.43. The molecule has 2 rings (SSSR count). The van der Waals surface area contributed by atoms with Crippen molar-refractivity contribution in [3.8, 4) is 11.5 Å². The number of carbonyl (C=O) groups is 1. The fourth-order valence-corrected chi connectivity index (χ4v) is 2.60. The number of carbonyl (C=O) groups excluding carboxylic acids is 1. The first-order valence-electron chi connectivity index (χ1n) is 9.62. The van der Waals surface area contributed by atoms with Gasteiger partial charge in [0.1, 0.15) is 11.5 Å². The summed E-state index contributed by atoms with van der Waals surface area (Å²) in [6.07, 6.45) is -4.09. The molecule has 2 aromatic rings. The molecular weight excluding hydrogens is 413 g/mol. The Morgan fingerprint density at radius 2 is 1.81 bits per heavy atom. The van der Waals surface area contributed by atoms with Gasteiger partial charge < -0.3 is 25.8 Å². The van der Waals surface area contributed by atoms with E-state index in [1.165, 1.54) is 18.2 Å². The number of ether oxygens (including phenoxy) is 2. The lowest BCUT2D eigenvalue weighted by molar-refractivity contribution is -0.274. The van der Waals surface area contributed by atoms with Crippen molar-refractivity contribution in [1.82, 2.24) is 10.6 Å². The Morgan fingerprint density at radius 1 is 1.10 bits per heavy atom. The number of para-hydroxylation sites is 1. The fourth-order valence-electron chi connectivity index (χ4n) is 2.60. The summed E-state index contributed by atoms with van der Waals surface area (Å²) in [6.45, 7) is 2.88. The monoisotopic (exact) mass is 438 g/mol. The molecule has 0 heterocycles. The molecule has 10 heteroatoms. The zero-order valence-corrected chi connectivity index (χ0v) is 17.0. The van der Waals surface area contributed by atoms with E-state index in [-0.39, 0.29) is 18.9 Å². The Morgan fingerprint density at radius 3 is 2.45 bits per heavy atom. The van der Waals surface area contributed by atoms with E-state index in [2.05, 4.69) is 20.4 Å². The quantitative estimate of drug-likeness (QED) is 0.392. The summed E-state index contributed by atoms with van der Waals surface area (Å²) in [4.78, 5) is 15.1. The number of nitrogens with one attached hydrogen (secondary N) is 2. The largest absolute Gasteiger partial charge is 0.573 e. The number of alkyl halides is 3. The highest BCUT2D eigenvalue weighted by atomic mass is 19.4. The van der Waals surface area contributed by atoms with Crippen LogP contribution in [0.5, 0.6) is 11.5 Å². The van der Waals surface area contributed by atoms with Crippen LogP contribution in [0, 0.1) is 0 Å². The average molecular weight is 438 g/mol. The van der Waals surface area contributed by atoms with Crippen molar-refractivity contribution in [2.24, 2.45) is 10.7 Å². The molecular formula is C21H25F3N4O3. The van der Waals surface area contributed by atoms with E-state index >= 15 is 0 Å². The van der Waals surface area contributed by atoms with Crippen molar-refractivity contribution in [3.05, 3.63) is 59.7 Å². The number of rotatable bonds is 10. The van der Waals surface area contributed by atoms with Crippen LogP contribution in [0.4, 0.5) is 13.2 Å². The van der Waals surface area contributed by atoms with Gasteiger partial charge in [-0.3, -0.25) is 4.79 Å². The molecule has 31 heavy (non-hydrogen) atoms. The lowest BCUT2D eigenvalue weighted by atomic mass is 10.1. The number of hydrogen-bond acceptors (Lipinski definition) is 4. The van der Waals surface area contributed by atoms with E-state index in [0.29, 0.717) is 36.8 Å². The molecule has 0 aliphatic rings. The molecule has 0 atom stereocenters. The Balaban J connectivity index is 1.92. The minimum absolute atomic E-state index is 0.0213. The minimum Gasteiger partial charge on any atom is -0.484 e. The maximum Gasteiger partial charge on any atom is 0.573 e. The van der Waals surface area contributed by atoms with Gasteiger partial charge in [0, 0.05) is 18.7 Å². The molecule has 7 nitrogen and oxygen atoms in total. The van der Waals surface area contributed by atoms with Crippen LogP contribution in [0.25, 0.3) is 0 Å². The van der Waals surface area contributed by atoms with Crippen LogP contribution in [-0.2, 0) is 17.8 Å². The van der Waals surface area contributed by atoms with E-state index in [9.17, 15) is 18.0 Å². The standard InChI is InChI=1S/C21H25F3N4O3/c1-2-26-20(28-13-16-5-3-4-6-18(16)31-21(22,23)24)27-12-11-15-7-9-17(10-8-15)30-14-19(25)29/h3-10H,2,11-14H2,1H3,(H2,25,29)(H2,26,27,28). The van der Waals surface area contributed by atoms with Crippen molar-refractivity contribution in [3.63, 3.8) is 0 Å². The zero-order valence-electron chi connectivity index (χ0n) is 17.0. The Kier molecular flexibility index (Phi) is 8.98. The van der Waals surface area contributed by atoms with Crippen molar-refractivity contribution < 1.29 is 27.4 Å². The molecule has 0 aliphatic heterocycles. The van der Waals surface area contributed by atoms with Gasteiger partial charge in [0.2, 0.25) is 0 Å². The maximum atomic E-state index is 12.6. The molecule has 0 aliphatic carbocycles. The highest BCUT2D eigenvalue weighted by molar-refractivity contribution is 5.79. The number of hydrogen-bond donors (Lipinski definition) is 3. The Bertz CT molecular complexity index is 871. The van der Waals surface area contributed by atoms with Crippen LogP contribution in [0.1, 0.15) is 18.1 Å². The molecule has 4 N–H and O–H groups in total. The van der Waals surface area contributed by atoms with Crippen LogP contribution in [0.3, 0.4) is 0 Å². The molecule has 0 radical (unpaired) electrons. The number of benzene rings is 2. The molecule has 0 saturated carbocycles. The number of halogens is 3. The lowest BCUT2D eigenvalue weighted by Gasteiger charge is -2.14. The van der Waals surface area contributed by atoms with E-state index in [1.54, 1.807) is 18.2 Å². The second-order valence-corrected chi connectivity index (χ2v) is 6.43. The van der Waals surface area contributed by atoms with E-state index in [4.69, 9.17) is 10.5 Å². The van der Waals surface area contributed by atoms with E-state index < -0.39 is 12.3 Å². The molecule has 0 unspecified atom stereocenters. The Labute approximate surface area is 178 Å². The number of aliphatic imine (C=N–C) groups is 1. The third kappa shape index (κ3) is 9.28. The highest BCUT2D eigenvalue weighted by Gasteiger charge is 2.31. The molecule has 1 amide bonds. The summed E-state index contributed by atoms with van der Waals surface area (Å²) in [6, 6.07) is 13.1. The lowest BCUT2D eigenvalue weighted by Crippen LogP contribution is -2.38. The summed E-state index contributed by atoms with van der Waals surface area (Å²) in [5.41, 5.74) is 6.39. The molecule has 0 fully saturated rings. The molecule has 0 spiro atoms. The highest BCUT2D eigenvalue weighted by Crippen LogP contribution is 2.26. The van der Waals surface area contributed by atoms with Crippen molar-refractivity contribution >= 4 is 11.9 Å². The van der Waals surface area contributed by atoms with Gasteiger partial charge in [-0.05, 0) is 37.1 Å². The number of primary amides is 1. The van der Waals surface area contributed by atoms with Gasteiger partial charge in [0.05, 0.1) is 6.54 Å². The van der Waals surface area contributed by atoms with Gasteiger partial charge in [-0.15, -0.1) is 13.2 Å². The van der Waals surface area contributed by atoms with Crippen LogP contribution in [0.15, 0.2) is 53.5 Å². The number of nitrogens with two attached hydrogens (primary N) is 1. The van der Waals surface area contributed by atoms with Gasteiger partial charge in [0.15, 0.2) is 12.6 Å². The van der Waals surface area contributed by atoms with Crippen molar-refractivity contribution in [2.75, 3.05) is 19.7 Å². The van der Waals surface area contributed by atoms with E-state index in [0.717, 1.165) is 5.56 Å². The van der Waals surface area contributed by atoms with Crippen LogP contribution in [-0.4, -0.2) is 37.9 Å². The van der Waals surface area contributed by atoms with Crippen LogP contribution in [0.2, 0.25) is 0 Å². The average Bonchev–Trinajstić information content (AvgIpc) is 2.71. The molecule has 168 valence electrons. The predicted molar refractivity (Wildman–Crippen MR) is 111 cm³/mol. The van der Waals surface area contributed by atoms with Crippen LogP contribution >= 0.6 is 0 Å². The first kappa shape index (κ1) is 23.8. The van der Waals surface area contributed by atoms with Gasteiger partial charge in [-0.2, -0.15) is 0 Å². The Hall–Kier alpha value is -3.43. The summed E-state index contributed by atoms with van der Waals surface area (Å²) in [5.74, 6) is 0.209.